The Morgan fingerprint density at radius 2 is 1.88 bits per heavy atom. The number of nitrogens with zero attached hydrogens (tertiary/aromatic N) is 3. The number of halogens is 3. The first-order valence-electron chi connectivity index (χ1n) is 10.9. The van der Waals surface area contributed by atoms with E-state index in [0.717, 1.165) is 31.2 Å². The molecule has 1 aromatic heterocycles. The van der Waals surface area contributed by atoms with Crippen LogP contribution in [0.3, 0.4) is 0 Å². The molecule has 1 aromatic carbocycles. The van der Waals surface area contributed by atoms with E-state index >= 15 is 0 Å². The Morgan fingerprint density at radius 1 is 1.12 bits per heavy atom. The van der Waals surface area contributed by atoms with Gasteiger partial charge >= 0.3 is 6.18 Å². The van der Waals surface area contributed by atoms with Gasteiger partial charge in [0, 0.05) is 32.4 Å². The van der Waals surface area contributed by atoms with Crippen LogP contribution in [0.5, 0.6) is 0 Å². The number of likely N-dealkylation sites (N-methyl/N-ethyl adjacent to an activating group) is 1. The fourth-order valence-corrected chi connectivity index (χ4v) is 3.78. The molecule has 0 bridgehead atoms. The summed E-state index contributed by atoms with van der Waals surface area (Å²) in [7, 11) is 1.62. The van der Waals surface area contributed by atoms with Crippen LogP contribution in [0.15, 0.2) is 60.6 Å². The van der Waals surface area contributed by atoms with Crippen molar-refractivity contribution < 1.29 is 18.0 Å². The van der Waals surface area contributed by atoms with Gasteiger partial charge in [0.2, 0.25) is 5.91 Å². The van der Waals surface area contributed by atoms with Gasteiger partial charge in [0.25, 0.3) is 0 Å². The van der Waals surface area contributed by atoms with E-state index < -0.39 is 17.9 Å². The molecule has 1 aliphatic rings. The van der Waals surface area contributed by atoms with Crippen LogP contribution >= 0.6 is 0 Å². The van der Waals surface area contributed by atoms with E-state index in [-0.39, 0.29) is 5.91 Å². The highest BCUT2D eigenvalue weighted by molar-refractivity contribution is 5.75. The summed E-state index contributed by atoms with van der Waals surface area (Å²) in [5, 5.41) is 5.60. The lowest BCUT2D eigenvalue weighted by molar-refractivity contribution is -0.121. The number of anilines is 1. The normalized spacial score (nSPS) is 16.8. The number of rotatable bonds is 9. The number of aromatic nitrogens is 1. The van der Waals surface area contributed by atoms with E-state index in [4.69, 9.17) is 0 Å². The van der Waals surface area contributed by atoms with E-state index in [1.165, 1.54) is 11.1 Å². The van der Waals surface area contributed by atoms with Crippen molar-refractivity contribution in [3.05, 3.63) is 71.7 Å². The number of carbonyl (C=O) groups excluding carboxylic acids is 1. The lowest BCUT2D eigenvalue weighted by atomic mass is 10.1. The summed E-state index contributed by atoms with van der Waals surface area (Å²) in [5.74, 6) is -0.00828. The number of pyridine rings is 1. The number of carbonyl (C=O) groups is 1. The molecule has 2 aromatic rings. The van der Waals surface area contributed by atoms with Gasteiger partial charge < -0.3 is 5.32 Å². The zero-order chi connectivity index (χ0) is 23.1. The molecular formula is C24H29F3N4O. The van der Waals surface area contributed by atoms with Gasteiger partial charge in [-0.25, -0.2) is 5.01 Å². The van der Waals surface area contributed by atoms with Crippen LogP contribution in [0.1, 0.15) is 56.2 Å². The first kappa shape index (κ1) is 23.8. The summed E-state index contributed by atoms with van der Waals surface area (Å²) in [6.07, 6.45) is 4.51. The molecular weight excluding hydrogens is 417 g/mol. The first-order valence-corrected chi connectivity index (χ1v) is 10.9. The third-order valence-corrected chi connectivity index (χ3v) is 5.51. The van der Waals surface area contributed by atoms with Crippen LogP contribution in [0.4, 0.5) is 18.9 Å². The zero-order valence-corrected chi connectivity index (χ0v) is 18.4. The molecule has 0 radical (unpaired) electrons. The molecule has 1 N–H and O–H groups in total. The van der Waals surface area contributed by atoms with Crippen molar-refractivity contribution in [2.45, 2.75) is 57.8 Å². The van der Waals surface area contributed by atoms with E-state index in [0.29, 0.717) is 24.2 Å². The number of nitrogens with one attached hydrogen (secondary N) is 1. The number of alkyl halides is 3. The maximum absolute atomic E-state index is 13.8. The lowest BCUT2D eigenvalue weighted by Crippen LogP contribution is -2.39. The number of hydrazine groups is 1. The summed E-state index contributed by atoms with van der Waals surface area (Å²) in [6, 6.07) is 9.66. The maximum atomic E-state index is 13.8. The average molecular weight is 447 g/mol. The van der Waals surface area contributed by atoms with Crippen LogP contribution in [0, 0.1) is 0 Å². The summed E-state index contributed by atoms with van der Waals surface area (Å²) in [4.78, 5) is 16.0. The molecule has 172 valence electrons. The van der Waals surface area contributed by atoms with Gasteiger partial charge in [-0.3, -0.25) is 14.8 Å². The topological polar surface area (TPSA) is 48.5 Å². The largest absolute Gasteiger partial charge is 0.432 e. The Hall–Kier alpha value is -2.87. The minimum atomic E-state index is -4.50. The molecule has 5 nitrogen and oxygen atoms in total. The maximum Gasteiger partial charge on any atom is 0.432 e. The summed E-state index contributed by atoms with van der Waals surface area (Å²) in [6.45, 7) is 2.47. The van der Waals surface area contributed by atoms with E-state index in [2.05, 4.69) is 17.2 Å². The molecule has 3 rings (SSSR count). The van der Waals surface area contributed by atoms with Crippen molar-refractivity contribution in [3.8, 4) is 0 Å². The van der Waals surface area contributed by atoms with Gasteiger partial charge in [0.15, 0.2) is 0 Å². The molecule has 0 aliphatic carbocycles. The molecule has 0 spiro atoms. The minimum Gasteiger partial charge on any atom is -0.352 e. The standard InChI is InChI=1S/C24H29F3N4O/c1-3-4-5-6-9-23(32)29-16-18-10-12-20(13-11-18)31-22(24(25,26)27)15-21(30(31)2)19-8-7-14-28-17-19/h7-8,10-15,17,21H,3-6,9,16H2,1-2H3,(H,29,32). The van der Waals surface area contributed by atoms with Crippen molar-refractivity contribution in [2.24, 2.45) is 0 Å². The predicted molar refractivity (Wildman–Crippen MR) is 118 cm³/mol. The monoisotopic (exact) mass is 446 g/mol. The molecule has 2 heterocycles. The highest BCUT2D eigenvalue weighted by Crippen LogP contribution is 2.42. The highest BCUT2D eigenvalue weighted by Gasteiger charge is 2.45. The predicted octanol–water partition coefficient (Wildman–Crippen LogP) is 5.52. The molecule has 1 aliphatic heterocycles. The Morgan fingerprint density at radius 3 is 2.50 bits per heavy atom. The molecule has 0 saturated heterocycles. The molecule has 1 unspecified atom stereocenters. The minimum absolute atomic E-state index is 0.00828. The highest BCUT2D eigenvalue weighted by atomic mass is 19.4. The van der Waals surface area contributed by atoms with Gasteiger partial charge in [-0.2, -0.15) is 13.2 Å². The second-order valence-corrected chi connectivity index (χ2v) is 7.92. The van der Waals surface area contributed by atoms with Crippen LogP contribution in [-0.2, 0) is 11.3 Å². The number of hydrogen-bond acceptors (Lipinski definition) is 4. The second kappa shape index (κ2) is 10.6. The van der Waals surface area contributed by atoms with Crippen LogP contribution in [-0.4, -0.2) is 29.1 Å². The van der Waals surface area contributed by atoms with Crippen molar-refractivity contribution in [3.63, 3.8) is 0 Å². The third-order valence-electron chi connectivity index (χ3n) is 5.51. The Labute approximate surface area is 186 Å². The fraction of sp³-hybridized carbons (Fsp3) is 0.417. The Balaban J connectivity index is 1.68. The number of unbranched alkanes of at least 4 members (excludes halogenated alkanes) is 3. The first-order chi connectivity index (χ1) is 15.3. The van der Waals surface area contributed by atoms with Crippen molar-refractivity contribution in [2.75, 3.05) is 12.1 Å². The molecule has 32 heavy (non-hydrogen) atoms. The number of allylic oxidation sites excluding steroid dienone is 1. The van der Waals surface area contributed by atoms with E-state index in [1.807, 2.05) is 0 Å². The van der Waals surface area contributed by atoms with E-state index in [1.54, 1.807) is 60.8 Å². The van der Waals surface area contributed by atoms with Crippen LogP contribution < -0.4 is 10.3 Å². The van der Waals surface area contributed by atoms with Crippen molar-refractivity contribution >= 4 is 11.6 Å². The van der Waals surface area contributed by atoms with Crippen molar-refractivity contribution in [1.29, 1.82) is 0 Å². The van der Waals surface area contributed by atoms with Crippen LogP contribution in [0.2, 0.25) is 0 Å². The van der Waals surface area contributed by atoms with Gasteiger partial charge in [-0.05, 0) is 41.8 Å². The molecule has 1 amide bonds. The molecule has 0 saturated carbocycles. The summed E-state index contributed by atoms with van der Waals surface area (Å²) < 4.78 is 41.4. The van der Waals surface area contributed by atoms with Crippen LogP contribution in [0.25, 0.3) is 0 Å². The van der Waals surface area contributed by atoms with Gasteiger partial charge in [-0.1, -0.05) is 44.4 Å². The quantitative estimate of drug-likeness (QED) is 0.515. The third kappa shape index (κ3) is 5.88. The molecule has 8 heteroatoms. The fourth-order valence-electron chi connectivity index (χ4n) is 3.78. The van der Waals surface area contributed by atoms with Gasteiger partial charge in [-0.15, -0.1) is 0 Å². The SMILES string of the molecule is CCCCCCC(=O)NCc1ccc(N2C(C(F)(F)F)=CC(c3cccnc3)N2C)cc1. The Bertz CT molecular complexity index is 913. The number of amides is 1. The van der Waals surface area contributed by atoms with Gasteiger partial charge in [0.1, 0.15) is 5.70 Å². The summed E-state index contributed by atoms with van der Waals surface area (Å²) in [5.41, 5.74) is 1.18. The second-order valence-electron chi connectivity index (χ2n) is 7.92. The number of benzene rings is 1. The number of hydrogen-bond donors (Lipinski definition) is 1. The smallest absolute Gasteiger partial charge is 0.352 e. The summed E-state index contributed by atoms with van der Waals surface area (Å²) >= 11 is 0. The lowest BCUT2D eigenvalue weighted by Gasteiger charge is -2.33. The van der Waals surface area contributed by atoms with E-state index in [9.17, 15) is 18.0 Å². The molecule has 0 fully saturated rings. The average Bonchev–Trinajstić information content (AvgIpc) is 3.14. The van der Waals surface area contributed by atoms with Gasteiger partial charge in [0.05, 0.1) is 11.7 Å². The molecule has 1 atom stereocenters. The Kier molecular flexibility index (Phi) is 7.90. The zero-order valence-electron chi connectivity index (χ0n) is 18.4. The van der Waals surface area contributed by atoms with Crippen molar-refractivity contribution in [1.82, 2.24) is 15.3 Å².